The molecule has 0 amide bonds. The third kappa shape index (κ3) is 2.90. The van der Waals surface area contributed by atoms with E-state index >= 15 is 0 Å². The zero-order valence-corrected chi connectivity index (χ0v) is 12.4. The minimum atomic E-state index is -0.320. The van der Waals surface area contributed by atoms with Crippen LogP contribution in [0, 0.1) is 0 Å². The van der Waals surface area contributed by atoms with Gasteiger partial charge in [0.05, 0.1) is 6.20 Å². The third-order valence-electron chi connectivity index (χ3n) is 3.12. The molecule has 0 fully saturated rings. The zero-order valence-electron chi connectivity index (χ0n) is 11.6. The first-order valence-electron chi connectivity index (χ1n) is 6.63. The van der Waals surface area contributed by atoms with E-state index in [1.165, 1.54) is 11.3 Å². The van der Waals surface area contributed by atoms with Gasteiger partial charge in [0, 0.05) is 28.7 Å². The highest BCUT2D eigenvalue weighted by atomic mass is 32.1. The van der Waals surface area contributed by atoms with Crippen molar-refractivity contribution in [3.63, 3.8) is 0 Å². The second-order valence-electron chi connectivity index (χ2n) is 4.69. The molecule has 1 aromatic carbocycles. The van der Waals surface area contributed by atoms with Crippen molar-refractivity contribution in [2.45, 2.75) is 20.1 Å². The van der Waals surface area contributed by atoms with E-state index in [-0.39, 0.29) is 12.6 Å². The molecule has 0 aliphatic rings. The summed E-state index contributed by atoms with van der Waals surface area (Å²) < 4.78 is 8.14. The summed E-state index contributed by atoms with van der Waals surface area (Å²) in [6.07, 6.45) is 3.58. The maximum Gasteiger partial charge on any atom is 0.348 e. The van der Waals surface area contributed by atoms with Gasteiger partial charge in [-0.25, -0.2) is 4.79 Å². The minimum absolute atomic E-state index is 0.231. The lowest BCUT2D eigenvalue weighted by atomic mass is 10.2. The summed E-state index contributed by atoms with van der Waals surface area (Å²) in [5.74, 6) is -0.320. The summed E-state index contributed by atoms with van der Waals surface area (Å²) in [5, 5.41) is 5.11. The number of carbonyl (C=O) groups is 1. The molecule has 5 nitrogen and oxygen atoms in total. The lowest BCUT2D eigenvalue weighted by Gasteiger charge is -2.00. The van der Waals surface area contributed by atoms with E-state index in [2.05, 4.69) is 5.10 Å². The summed E-state index contributed by atoms with van der Waals surface area (Å²) in [6, 6.07) is 7.41. The van der Waals surface area contributed by atoms with Crippen LogP contribution in [0.4, 0.5) is 5.69 Å². The molecular weight excluding hydrogens is 286 g/mol. The first kappa shape index (κ1) is 13.6. The van der Waals surface area contributed by atoms with E-state index in [4.69, 9.17) is 10.5 Å². The first-order chi connectivity index (χ1) is 10.2. The Kier molecular flexibility index (Phi) is 3.62. The Balaban J connectivity index is 1.71. The molecule has 0 spiro atoms. The molecule has 2 aromatic heterocycles. The van der Waals surface area contributed by atoms with Crippen LogP contribution in [0.25, 0.3) is 10.1 Å². The molecule has 0 saturated heterocycles. The molecule has 0 aliphatic heterocycles. The number of esters is 1. The van der Waals surface area contributed by atoms with Crippen molar-refractivity contribution >= 4 is 33.1 Å². The van der Waals surface area contributed by atoms with E-state index in [1.54, 1.807) is 10.9 Å². The Labute approximate surface area is 125 Å². The highest BCUT2D eigenvalue weighted by Gasteiger charge is 2.12. The summed E-state index contributed by atoms with van der Waals surface area (Å²) >= 11 is 1.41. The monoisotopic (exact) mass is 301 g/mol. The van der Waals surface area contributed by atoms with Gasteiger partial charge in [-0.3, -0.25) is 4.68 Å². The molecule has 3 rings (SSSR count). The molecule has 0 radical (unpaired) electrons. The molecule has 6 heteroatoms. The van der Waals surface area contributed by atoms with Crippen LogP contribution in [-0.4, -0.2) is 15.7 Å². The number of fused-ring (bicyclic) bond motifs is 1. The van der Waals surface area contributed by atoms with Crippen molar-refractivity contribution in [2.24, 2.45) is 0 Å². The molecule has 2 heterocycles. The van der Waals surface area contributed by atoms with Gasteiger partial charge in [-0.2, -0.15) is 5.10 Å². The fraction of sp³-hybridized carbons (Fsp3) is 0.200. The number of nitrogens with zero attached hydrogens (tertiary/aromatic N) is 2. The van der Waals surface area contributed by atoms with E-state index in [1.807, 2.05) is 37.4 Å². The predicted octanol–water partition coefficient (Wildman–Crippen LogP) is 3.06. The lowest BCUT2D eigenvalue weighted by molar-refractivity contribution is 0.0478. The average molecular weight is 301 g/mol. The number of nitrogen functional groups attached to an aromatic ring is 1. The Morgan fingerprint density at radius 1 is 1.43 bits per heavy atom. The fourth-order valence-corrected chi connectivity index (χ4v) is 2.97. The van der Waals surface area contributed by atoms with Gasteiger partial charge in [0.15, 0.2) is 0 Å². The number of anilines is 1. The smallest absolute Gasteiger partial charge is 0.348 e. The Bertz CT molecular complexity index is 791. The van der Waals surface area contributed by atoms with Crippen molar-refractivity contribution < 1.29 is 9.53 Å². The minimum Gasteiger partial charge on any atom is -0.457 e. The highest BCUT2D eigenvalue weighted by Crippen LogP contribution is 2.27. The maximum absolute atomic E-state index is 12.1. The number of hydrogen-bond donors (Lipinski definition) is 1. The van der Waals surface area contributed by atoms with E-state index in [9.17, 15) is 4.79 Å². The molecule has 108 valence electrons. The first-order valence-corrected chi connectivity index (χ1v) is 7.45. The quantitative estimate of drug-likeness (QED) is 0.594. The molecule has 0 saturated carbocycles. The number of hydrogen-bond acceptors (Lipinski definition) is 5. The third-order valence-corrected chi connectivity index (χ3v) is 4.22. The number of benzene rings is 1. The number of carbonyl (C=O) groups excluding carboxylic acids is 1. The van der Waals surface area contributed by atoms with Crippen LogP contribution < -0.4 is 5.73 Å². The zero-order chi connectivity index (χ0) is 14.8. The molecule has 0 aliphatic carbocycles. The number of aromatic nitrogens is 2. The maximum atomic E-state index is 12.1. The molecule has 0 bridgehead atoms. The van der Waals surface area contributed by atoms with E-state index in [0.29, 0.717) is 10.6 Å². The van der Waals surface area contributed by atoms with Crippen molar-refractivity contribution in [3.8, 4) is 0 Å². The molecule has 21 heavy (non-hydrogen) atoms. The molecule has 0 atom stereocenters. The van der Waals surface area contributed by atoms with Crippen LogP contribution in [0.15, 0.2) is 36.7 Å². The molecule has 0 unspecified atom stereocenters. The Hall–Kier alpha value is -2.34. The van der Waals surface area contributed by atoms with E-state index in [0.717, 1.165) is 22.2 Å². The van der Waals surface area contributed by atoms with Gasteiger partial charge in [0.1, 0.15) is 11.5 Å². The Morgan fingerprint density at radius 2 is 2.29 bits per heavy atom. The normalized spacial score (nSPS) is 10.9. The molecule has 3 aromatic rings. The van der Waals surface area contributed by atoms with Gasteiger partial charge in [-0.05, 0) is 36.6 Å². The highest BCUT2D eigenvalue weighted by molar-refractivity contribution is 7.20. The topological polar surface area (TPSA) is 70.1 Å². The van der Waals surface area contributed by atoms with Gasteiger partial charge in [-0.15, -0.1) is 11.3 Å². The largest absolute Gasteiger partial charge is 0.457 e. The number of ether oxygens (including phenoxy) is 1. The van der Waals surface area contributed by atoms with Gasteiger partial charge in [0.2, 0.25) is 0 Å². The average Bonchev–Trinajstić information content (AvgIpc) is 3.10. The molecule has 2 N–H and O–H groups in total. The second-order valence-corrected chi connectivity index (χ2v) is 5.77. The number of thiophene rings is 1. The molecular formula is C15H15N3O2S. The van der Waals surface area contributed by atoms with Crippen molar-refractivity contribution in [1.29, 1.82) is 0 Å². The summed E-state index contributed by atoms with van der Waals surface area (Å²) in [7, 11) is 0. The number of rotatable bonds is 4. The number of nitrogens with two attached hydrogens (primary N) is 1. The second kappa shape index (κ2) is 5.57. The summed E-state index contributed by atoms with van der Waals surface area (Å²) in [6.45, 7) is 3.03. The van der Waals surface area contributed by atoms with Gasteiger partial charge in [-0.1, -0.05) is 0 Å². The van der Waals surface area contributed by atoms with Crippen LogP contribution in [-0.2, 0) is 17.9 Å². The predicted molar refractivity (Wildman–Crippen MR) is 83.3 cm³/mol. The van der Waals surface area contributed by atoms with Crippen LogP contribution in [0.1, 0.15) is 22.2 Å². The number of aryl methyl sites for hydroxylation is 1. The van der Waals surface area contributed by atoms with Crippen LogP contribution >= 0.6 is 11.3 Å². The van der Waals surface area contributed by atoms with Gasteiger partial charge in [0.25, 0.3) is 0 Å². The van der Waals surface area contributed by atoms with Gasteiger partial charge >= 0.3 is 5.97 Å². The van der Waals surface area contributed by atoms with Crippen LogP contribution in [0.2, 0.25) is 0 Å². The summed E-state index contributed by atoms with van der Waals surface area (Å²) in [4.78, 5) is 12.7. The van der Waals surface area contributed by atoms with Crippen LogP contribution in [0.3, 0.4) is 0 Å². The van der Waals surface area contributed by atoms with Crippen molar-refractivity contribution in [3.05, 3.63) is 47.1 Å². The van der Waals surface area contributed by atoms with E-state index < -0.39 is 0 Å². The fourth-order valence-electron chi connectivity index (χ4n) is 2.04. The van der Waals surface area contributed by atoms with Crippen molar-refractivity contribution in [2.75, 3.05) is 5.73 Å². The lowest BCUT2D eigenvalue weighted by Crippen LogP contribution is -2.02. The summed E-state index contributed by atoms with van der Waals surface area (Å²) in [5.41, 5.74) is 7.31. The SMILES string of the molecule is CCn1cc(COC(=O)c2cc3cc(N)ccc3s2)cn1. The standard InChI is InChI=1S/C15H15N3O2S/c1-2-18-8-10(7-17-18)9-20-15(19)14-6-11-5-12(16)3-4-13(11)21-14/h3-8H,2,9,16H2,1H3. The van der Waals surface area contributed by atoms with Crippen LogP contribution in [0.5, 0.6) is 0 Å². The van der Waals surface area contributed by atoms with Crippen molar-refractivity contribution in [1.82, 2.24) is 9.78 Å². The van der Waals surface area contributed by atoms with Gasteiger partial charge < -0.3 is 10.5 Å². The Morgan fingerprint density at radius 3 is 3.05 bits per heavy atom.